The van der Waals surface area contributed by atoms with E-state index in [-0.39, 0.29) is 16.5 Å². The molecule has 1 aromatic heterocycles. The number of anilines is 1. The first kappa shape index (κ1) is 13.3. The summed E-state index contributed by atoms with van der Waals surface area (Å²) >= 11 is 5.89. The molecule has 0 unspecified atom stereocenters. The van der Waals surface area contributed by atoms with Gasteiger partial charge in [-0.3, -0.25) is 0 Å². The van der Waals surface area contributed by atoms with Crippen LogP contribution in [0.4, 0.5) is 5.69 Å². The Kier molecular flexibility index (Phi) is 3.15. The number of hydrogen-bond acceptors (Lipinski definition) is 5. The molecule has 2 heterocycles. The largest absolute Gasteiger partial charge is 0.398 e. The van der Waals surface area contributed by atoms with E-state index in [0.29, 0.717) is 24.6 Å². The lowest BCUT2D eigenvalue weighted by molar-refractivity contribution is 0.335. The van der Waals surface area contributed by atoms with Gasteiger partial charge in [-0.1, -0.05) is 11.6 Å². The predicted molar refractivity (Wildman–Crippen MR) is 73.5 cm³/mol. The van der Waals surface area contributed by atoms with Crippen molar-refractivity contribution >= 4 is 27.3 Å². The number of rotatable bonds is 2. The molecule has 0 fully saturated rings. The van der Waals surface area contributed by atoms with Crippen molar-refractivity contribution in [1.29, 1.82) is 0 Å². The van der Waals surface area contributed by atoms with Crippen LogP contribution in [-0.4, -0.2) is 34.0 Å². The average molecular weight is 314 g/mol. The van der Waals surface area contributed by atoms with Gasteiger partial charge >= 0.3 is 0 Å². The fourth-order valence-corrected chi connectivity index (χ4v) is 3.72. The first-order chi connectivity index (χ1) is 9.48. The number of fused-ring (bicyclic) bond motifs is 1. The van der Waals surface area contributed by atoms with Gasteiger partial charge in [0.15, 0.2) is 0 Å². The third kappa shape index (κ3) is 2.15. The molecular formula is C11H12ClN5O2S. The molecule has 0 spiro atoms. The Bertz CT molecular complexity index is 758. The zero-order chi connectivity index (χ0) is 14.3. The number of nitrogens with two attached hydrogens (primary N) is 1. The molecule has 9 heteroatoms. The molecule has 0 atom stereocenters. The molecule has 106 valence electrons. The number of nitrogens with zero attached hydrogens (tertiary/aromatic N) is 4. The van der Waals surface area contributed by atoms with Crippen LogP contribution in [0.3, 0.4) is 0 Å². The maximum atomic E-state index is 12.6. The van der Waals surface area contributed by atoms with Crippen molar-refractivity contribution in [2.75, 3.05) is 12.3 Å². The van der Waals surface area contributed by atoms with Gasteiger partial charge in [0, 0.05) is 13.1 Å². The normalized spacial score (nSPS) is 16.1. The average Bonchev–Trinajstić information content (AvgIpc) is 2.89. The summed E-state index contributed by atoms with van der Waals surface area (Å²) in [7, 11) is -3.61. The van der Waals surface area contributed by atoms with Gasteiger partial charge in [0.1, 0.15) is 12.2 Å². The molecule has 0 saturated carbocycles. The highest BCUT2D eigenvalue weighted by atomic mass is 35.5. The monoisotopic (exact) mass is 313 g/mol. The first-order valence-electron chi connectivity index (χ1n) is 5.90. The highest BCUT2D eigenvalue weighted by Crippen LogP contribution is 2.26. The molecule has 0 saturated heterocycles. The minimum Gasteiger partial charge on any atom is -0.398 e. The molecule has 0 amide bonds. The van der Waals surface area contributed by atoms with E-state index in [1.807, 2.05) is 4.57 Å². The van der Waals surface area contributed by atoms with Crippen molar-refractivity contribution in [2.45, 2.75) is 18.0 Å². The number of benzene rings is 1. The molecule has 3 rings (SSSR count). The zero-order valence-electron chi connectivity index (χ0n) is 10.4. The second kappa shape index (κ2) is 4.72. The topological polar surface area (TPSA) is 94.1 Å². The van der Waals surface area contributed by atoms with Crippen LogP contribution in [0.2, 0.25) is 5.02 Å². The number of sulfonamides is 1. The van der Waals surface area contributed by atoms with Crippen molar-refractivity contribution in [3.8, 4) is 0 Å². The van der Waals surface area contributed by atoms with E-state index < -0.39 is 10.0 Å². The number of hydrogen-bond donors (Lipinski definition) is 1. The van der Waals surface area contributed by atoms with E-state index in [1.165, 1.54) is 22.5 Å². The molecule has 1 aliphatic rings. The third-order valence-corrected chi connectivity index (χ3v) is 5.38. The molecule has 0 bridgehead atoms. The smallest absolute Gasteiger partial charge is 0.243 e. The second-order valence-corrected chi connectivity index (χ2v) is 6.81. The highest BCUT2D eigenvalue weighted by Gasteiger charge is 2.29. The van der Waals surface area contributed by atoms with Crippen LogP contribution in [0, 0.1) is 0 Å². The fourth-order valence-electron chi connectivity index (χ4n) is 2.07. The Hall–Kier alpha value is -1.64. The van der Waals surface area contributed by atoms with Crippen molar-refractivity contribution in [3.05, 3.63) is 35.4 Å². The predicted octanol–water partition coefficient (Wildman–Crippen LogP) is 0.718. The maximum absolute atomic E-state index is 12.6. The minimum absolute atomic E-state index is 0.129. The van der Waals surface area contributed by atoms with E-state index in [2.05, 4.69) is 10.2 Å². The summed E-state index contributed by atoms with van der Waals surface area (Å²) in [6.07, 6.45) is 1.60. The molecule has 2 N–H and O–H groups in total. The molecule has 1 aliphatic heterocycles. The quantitative estimate of drug-likeness (QED) is 0.824. The minimum atomic E-state index is -3.61. The van der Waals surface area contributed by atoms with E-state index in [4.69, 9.17) is 17.3 Å². The van der Waals surface area contributed by atoms with Crippen LogP contribution in [-0.2, 0) is 23.1 Å². The van der Waals surface area contributed by atoms with E-state index in [0.717, 1.165) is 0 Å². The summed E-state index contributed by atoms with van der Waals surface area (Å²) in [5.74, 6) is 0.626. The van der Waals surface area contributed by atoms with Crippen molar-refractivity contribution in [2.24, 2.45) is 0 Å². The van der Waals surface area contributed by atoms with Crippen LogP contribution in [0.25, 0.3) is 0 Å². The Morgan fingerprint density at radius 3 is 2.85 bits per heavy atom. The summed E-state index contributed by atoms with van der Waals surface area (Å²) in [6.45, 7) is 1.10. The summed E-state index contributed by atoms with van der Waals surface area (Å²) < 4.78 is 28.3. The van der Waals surface area contributed by atoms with Gasteiger partial charge in [-0.25, -0.2) is 8.42 Å². The Labute approximate surface area is 121 Å². The van der Waals surface area contributed by atoms with E-state index in [9.17, 15) is 8.42 Å². The third-order valence-electron chi connectivity index (χ3n) is 3.21. The van der Waals surface area contributed by atoms with Crippen LogP contribution < -0.4 is 5.73 Å². The lowest BCUT2D eigenvalue weighted by atomic mass is 10.3. The molecule has 0 aliphatic carbocycles. The number of halogens is 1. The molecule has 20 heavy (non-hydrogen) atoms. The summed E-state index contributed by atoms with van der Waals surface area (Å²) in [5.41, 5.74) is 5.95. The zero-order valence-corrected chi connectivity index (χ0v) is 12.0. The van der Waals surface area contributed by atoms with Gasteiger partial charge < -0.3 is 10.3 Å². The van der Waals surface area contributed by atoms with Crippen LogP contribution in [0.1, 0.15) is 5.82 Å². The fraction of sp³-hybridized carbons (Fsp3) is 0.273. The first-order valence-corrected chi connectivity index (χ1v) is 7.72. The maximum Gasteiger partial charge on any atom is 0.243 e. The Morgan fingerprint density at radius 1 is 1.30 bits per heavy atom. The summed E-state index contributed by atoms with van der Waals surface area (Å²) in [6, 6.07) is 4.31. The Balaban J connectivity index is 1.95. The van der Waals surface area contributed by atoms with Gasteiger partial charge in [0.05, 0.1) is 22.2 Å². The molecular weight excluding hydrogens is 302 g/mol. The van der Waals surface area contributed by atoms with Crippen LogP contribution in [0.15, 0.2) is 29.4 Å². The highest BCUT2D eigenvalue weighted by molar-refractivity contribution is 7.89. The van der Waals surface area contributed by atoms with Crippen LogP contribution >= 0.6 is 11.6 Å². The second-order valence-electron chi connectivity index (χ2n) is 4.46. The van der Waals surface area contributed by atoms with Gasteiger partial charge in [0.2, 0.25) is 10.0 Å². The molecule has 7 nitrogen and oxygen atoms in total. The summed E-state index contributed by atoms with van der Waals surface area (Å²) in [4.78, 5) is 0.129. The van der Waals surface area contributed by atoms with E-state index in [1.54, 1.807) is 6.33 Å². The summed E-state index contributed by atoms with van der Waals surface area (Å²) in [5, 5.41) is 7.91. The Morgan fingerprint density at radius 2 is 2.10 bits per heavy atom. The SMILES string of the molecule is Nc1ccc(S(=O)(=O)N2CCn3cnnc3C2)cc1Cl. The van der Waals surface area contributed by atoms with Crippen molar-refractivity contribution in [3.63, 3.8) is 0 Å². The number of aromatic nitrogens is 3. The van der Waals surface area contributed by atoms with Gasteiger partial charge in [0.25, 0.3) is 0 Å². The van der Waals surface area contributed by atoms with Gasteiger partial charge in [-0.05, 0) is 18.2 Å². The van der Waals surface area contributed by atoms with Crippen LogP contribution in [0.5, 0.6) is 0 Å². The number of nitrogen functional groups attached to an aromatic ring is 1. The lowest BCUT2D eigenvalue weighted by Crippen LogP contribution is -2.38. The van der Waals surface area contributed by atoms with Gasteiger partial charge in [-0.15, -0.1) is 10.2 Å². The van der Waals surface area contributed by atoms with E-state index >= 15 is 0 Å². The van der Waals surface area contributed by atoms with Crippen molar-refractivity contribution < 1.29 is 8.42 Å². The van der Waals surface area contributed by atoms with Gasteiger partial charge in [-0.2, -0.15) is 4.31 Å². The molecule has 0 radical (unpaired) electrons. The molecule has 2 aromatic rings. The molecule has 1 aromatic carbocycles. The standard InChI is InChI=1S/C11H12ClN5O2S/c12-9-5-8(1-2-10(9)13)20(18,19)17-4-3-16-7-14-15-11(16)6-17/h1-2,5,7H,3-4,6,13H2. The van der Waals surface area contributed by atoms with Crippen molar-refractivity contribution in [1.82, 2.24) is 19.1 Å². The lowest BCUT2D eigenvalue weighted by Gasteiger charge is -2.26.